The maximum atomic E-state index is 11.2. The normalized spacial score (nSPS) is 12.2. The topological polar surface area (TPSA) is 73.0 Å². The van der Waals surface area contributed by atoms with Gasteiger partial charge in [-0.25, -0.2) is 4.68 Å². The summed E-state index contributed by atoms with van der Waals surface area (Å²) in [6.45, 7) is 6.10. The predicted molar refractivity (Wildman–Crippen MR) is 85.5 cm³/mol. The first-order valence-electron chi connectivity index (χ1n) is 6.67. The second-order valence-corrected chi connectivity index (χ2v) is 5.69. The minimum Gasteiger partial charge on any atom is -0.358 e. The Morgan fingerprint density at radius 2 is 2.05 bits per heavy atom. The van der Waals surface area contributed by atoms with E-state index in [2.05, 4.69) is 26.3 Å². The summed E-state index contributed by atoms with van der Waals surface area (Å²) < 4.78 is 2.63. The highest BCUT2D eigenvalue weighted by atomic mass is 79.9. The van der Waals surface area contributed by atoms with Crippen LogP contribution in [-0.4, -0.2) is 14.7 Å². The molecule has 0 bridgehead atoms. The molecule has 1 N–H and O–H groups in total. The molecule has 21 heavy (non-hydrogen) atoms. The molecule has 2 rings (SSSR count). The van der Waals surface area contributed by atoms with E-state index in [1.165, 1.54) is 0 Å². The van der Waals surface area contributed by atoms with Crippen LogP contribution < -0.4 is 5.32 Å². The third-order valence-electron chi connectivity index (χ3n) is 3.30. The van der Waals surface area contributed by atoms with Gasteiger partial charge >= 0.3 is 5.69 Å². The maximum Gasteiger partial charge on any atom is 0.333 e. The average molecular weight is 353 g/mol. The highest BCUT2D eigenvalue weighted by Gasteiger charge is 2.26. The van der Waals surface area contributed by atoms with Crippen molar-refractivity contribution < 1.29 is 4.92 Å². The van der Waals surface area contributed by atoms with Crippen LogP contribution in [0.2, 0.25) is 0 Å². The van der Waals surface area contributed by atoms with Crippen molar-refractivity contribution in [1.29, 1.82) is 0 Å². The van der Waals surface area contributed by atoms with E-state index in [1.807, 2.05) is 38.1 Å². The molecule has 7 heteroatoms. The van der Waals surface area contributed by atoms with Crippen molar-refractivity contribution in [2.75, 3.05) is 5.32 Å². The van der Waals surface area contributed by atoms with Gasteiger partial charge in [0, 0.05) is 11.0 Å². The monoisotopic (exact) mass is 352 g/mol. The zero-order valence-electron chi connectivity index (χ0n) is 12.1. The Balaban J connectivity index is 2.34. The molecule has 6 nitrogen and oxygen atoms in total. The van der Waals surface area contributed by atoms with Crippen LogP contribution >= 0.6 is 15.9 Å². The predicted octanol–water partition coefficient (Wildman–Crippen LogP) is 4.06. The van der Waals surface area contributed by atoms with Gasteiger partial charge in [0.1, 0.15) is 5.69 Å². The third-order valence-corrected chi connectivity index (χ3v) is 3.83. The summed E-state index contributed by atoms with van der Waals surface area (Å²) in [5, 5.41) is 18.7. The van der Waals surface area contributed by atoms with Gasteiger partial charge in [0.05, 0.1) is 11.0 Å². The number of aryl methyl sites for hydroxylation is 2. The number of nitrogens with zero attached hydrogens (tertiary/aromatic N) is 3. The number of hydrogen-bond donors (Lipinski definition) is 1. The van der Waals surface area contributed by atoms with Gasteiger partial charge in [0.15, 0.2) is 0 Å². The van der Waals surface area contributed by atoms with Crippen LogP contribution in [0.3, 0.4) is 0 Å². The van der Waals surface area contributed by atoms with Crippen LogP contribution in [0.1, 0.15) is 31.1 Å². The van der Waals surface area contributed by atoms with Crippen molar-refractivity contribution in [2.45, 2.75) is 33.4 Å². The standard InChI is InChI=1S/C14H17BrN4O2/c1-4-18-14(13(19(20)21)10(3)17-18)16-9(2)11-5-7-12(15)8-6-11/h5-9,16H,4H2,1-3H3. The minimum atomic E-state index is -0.384. The van der Waals surface area contributed by atoms with Crippen molar-refractivity contribution in [2.24, 2.45) is 0 Å². The molecule has 1 atom stereocenters. The van der Waals surface area contributed by atoms with Gasteiger partial charge in [0.2, 0.25) is 5.82 Å². The summed E-state index contributed by atoms with van der Waals surface area (Å²) >= 11 is 3.39. The lowest BCUT2D eigenvalue weighted by Crippen LogP contribution is -2.12. The molecule has 0 saturated heterocycles. The van der Waals surface area contributed by atoms with E-state index in [-0.39, 0.29) is 16.7 Å². The van der Waals surface area contributed by atoms with E-state index in [1.54, 1.807) is 11.6 Å². The molecule has 1 aromatic carbocycles. The molecule has 0 aliphatic heterocycles. The fourth-order valence-corrected chi connectivity index (χ4v) is 2.47. The molecule has 0 spiro atoms. The summed E-state index contributed by atoms with van der Waals surface area (Å²) in [5.41, 5.74) is 1.52. The molecule has 0 fully saturated rings. The molecular weight excluding hydrogens is 336 g/mol. The summed E-state index contributed by atoms with van der Waals surface area (Å²) in [7, 11) is 0. The number of hydrogen-bond acceptors (Lipinski definition) is 4. The Bertz CT molecular complexity index is 652. The number of anilines is 1. The van der Waals surface area contributed by atoms with E-state index >= 15 is 0 Å². The largest absolute Gasteiger partial charge is 0.358 e. The summed E-state index contributed by atoms with van der Waals surface area (Å²) in [4.78, 5) is 10.9. The zero-order chi connectivity index (χ0) is 15.6. The highest BCUT2D eigenvalue weighted by Crippen LogP contribution is 2.31. The third kappa shape index (κ3) is 3.24. The fourth-order valence-electron chi connectivity index (χ4n) is 2.20. The Hall–Kier alpha value is -1.89. The lowest BCUT2D eigenvalue weighted by molar-refractivity contribution is -0.384. The van der Waals surface area contributed by atoms with E-state index in [9.17, 15) is 10.1 Å². The van der Waals surface area contributed by atoms with Crippen LogP contribution in [0.4, 0.5) is 11.5 Å². The number of nitro groups is 1. The Morgan fingerprint density at radius 1 is 1.43 bits per heavy atom. The SMILES string of the molecule is CCn1nc(C)c([N+](=O)[O-])c1NC(C)c1ccc(Br)cc1. The average Bonchev–Trinajstić information content (AvgIpc) is 2.75. The molecule has 2 aromatic rings. The number of rotatable bonds is 5. The van der Waals surface area contributed by atoms with E-state index < -0.39 is 0 Å². The molecule has 0 radical (unpaired) electrons. The molecule has 0 saturated carbocycles. The van der Waals surface area contributed by atoms with Gasteiger partial charge in [-0.2, -0.15) is 5.10 Å². The van der Waals surface area contributed by atoms with Crippen LogP contribution in [0.15, 0.2) is 28.7 Å². The lowest BCUT2D eigenvalue weighted by Gasteiger charge is -2.16. The van der Waals surface area contributed by atoms with Crippen LogP contribution in [0, 0.1) is 17.0 Å². The summed E-state index contributed by atoms with van der Waals surface area (Å²) in [6, 6.07) is 7.80. The molecule has 0 aliphatic rings. The smallest absolute Gasteiger partial charge is 0.333 e. The quantitative estimate of drug-likeness (QED) is 0.650. The van der Waals surface area contributed by atoms with E-state index in [0.717, 1.165) is 10.0 Å². The van der Waals surface area contributed by atoms with Gasteiger partial charge in [-0.05, 0) is 38.5 Å². The molecule has 1 aromatic heterocycles. The van der Waals surface area contributed by atoms with Crippen molar-refractivity contribution in [3.63, 3.8) is 0 Å². The van der Waals surface area contributed by atoms with Gasteiger partial charge in [-0.3, -0.25) is 10.1 Å². The Morgan fingerprint density at radius 3 is 2.57 bits per heavy atom. The Labute approximate surface area is 131 Å². The molecule has 112 valence electrons. The number of aromatic nitrogens is 2. The van der Waals surface area contributed by atoms with E-state index in [0.29, 0.717) is 18.1 Å². The molecule has 1 unspecified atom stereocenters. The number of benzene rings is 1. The molecule has 1 heterocycles. The fraction of sp³-hybridized carbons (Fsp3) is 0.357. The number of nitrogens with one attached hydrogen (secondary N) is 1. The molecule has 0 aliphatic carbocycles. The van der Waals surface area contributed by atoms with Crippen LogP contribution in [0.25, 0.3) is 0 Å². The second-order valence-electron chi connectivity index (χ2n) is 4.77. The summed E-state index contributed by atoms with van der Waals surface area (Å²) in [6.07, 6.45) is 0. The second kappa shape index (κ2) is 6.26. The highest BCUT2D eigenvalue weighted by molar-refractivity contribution is 9.10. The molecule has 0 amide bonds. The van der Waals surface area contributed by atoms with Crippen LogP contribution in [-0.2, 0) is 6.54 Å². The van der Waals surface area contributed by atoms with Crippen LogP contribution in [0.5, 0.6) is 0 Å². The first-order valence-corrected chi connectivity index (χ1v) is 7.47. The molecular formula is C14H17BrN4O2. The van der Waals surface area contributed by atoms with Crippen molar-refractivity contribution >= 4 is 27.4 Å². The van der Waals surface area contributed by atoms with Crippen molar-refractivity contribution in [3.8, 4) is 0 Å². The lowest BCUT2D eigenvalue weighted by atomic mass is 10.1. The Kier molecular flexibility index (Phi) is 4.62. The van der Waals surface area contributed by atoms with E-state index in [4.69, 9.17) is 0 Å². The zero-order valence-corrected chi connectivity index (χ0v) is 13.7. The van der Waals surface area contributed by atoms with Gasteiger partial charge in [-0.1, -0.05) is 28.1 Å². The maximum absolute atomic E-state index is 11.2. The van der Waals surface area contributed by atoms with Gasteiger partial charge in [0.25, 0.3) is 0 Å². The first-order chi connectivity index (χ1) is 9.93. The minimum absolute atomic E-state index is 0.0424. The van der Waals surface area contributed by atoms with Crippen molar-refractivity contribution in [3.05, 3.63) is 50.1 Å². The number of halogens is 1. The van der Waals surface area contributed by atoms with Gasteiger partial charge < -0.3 is 5.32 Å². The first kappa shape index (κ1) is 15.5. The van der Waals surface area contributed by atoms with Crippen molar-refractivity contribution in [1.82, 2.24) is 9.78 Å². The van der Waals surface area contributed by atoms with Gasteiger partial charge in [-0.15, -0.1) is 0 Å². The summed E-state index contributed by atoms with van der Waals surface area (Å²) in [5.74, 6) is 0.454.